The highest BCUT2D eigenvalue weighted by Gasteiger charge is 2.01. The maximum absolute atomic E-state index is 5.57. The molecule has 0 bridgehead atoms. The van der Waals surface area contributed by atoms with Crippen LogP contribution in [0.5, 0.6) is 0 Å². The van der Waals surface area contributed by atoms with Crippen LogP contribution in [0.4, 0.5) is 0 Å². The van der Waals surface area contributed by atoms with Crippen LogP contribution in [0.1, 0.15) is 6.92 Å². The van der Waals surface area contributed by atoms with Gasteiger partial charge in [-0.05, 0) is 46.7 Å². The molecule has 0 fully saturated rings. The van der Waals surface area contributed by atoms with Gasteiger partial charge in [-0.2, -0.15) is 0 Å². The average Bonchev–Trinajstić information content (AvgIpc) is 2.29. The Balaban J connectivity index is 2.59. The predicted octanol–water partition coefficient (Wildman–Crippen LogP) is 3.92. The number of hydrogen-bond donors (Lipinski definition) is 1. The molecule has 0 amide bonds. The molecule has 0 aliphatic carbocycles. The van der Waals surface area contributed by atoms with Gasteiger partial charge in [0.25, 0.3) is 0 Å². The monoisotopic (exact) mass is 235 g/mol. The van der Waals surface area contributed by atoms with E-state index in [4.69, 9.17) is 5.14 Å². The van der Waals surface area contributed by atoms with Crippen molar-refractivity contribution < 1.29 is 0 Å². The summed E-state index contributed by atoms with van der Waals surface area (Å²) in [5.41, 5.74) is 0. The minimum atomic E-state index is 1.10. The summed E-state index contributed by atoms with van der Waals surface area (Å²) in [5.74, 6) is 1.10. The van der Waals surface area contributed by atoms with E-state index in [1.807, 2.05) is 11.8 Å². The molecule has 0 saturated carbocycles. The molecule has 3 heteroatoms. The molecule has 0 aromatic heterocycles. The third-order valence-corrected chi connectivity index (χ3v) is 3.73. The van der Waals surface area contributed by atoms with Crippen molar-refractivity contribution in [2.75, 3.05) is 5.75 Å². The SMILES string of the molecule is CCSc1cccc2ccc(SN)cc12. The van der Waals surface area contributed by atoms with Crippen molar-refractivity contribution in [3.63, 3.8) is 0 Å². The molecule has 2 N–H and O–H groups in total. The van der Waals surface area contributed by atoms with Crippen molar-refractivity contribution in [2.24, 2.45) is 5.14 Å². The van der Waals surface area contributed by atoms with Crippen LogP contribution in [0.3, 0.4) is 0 Å². The zero-order valence-corrected chi connectivity index (χ0v) is 10.2. The van der Waals surface area contributed by atoms with Crippen LogP contribution < -0.4 is 5.14 Å². The van der Waals surface area contributed by atoms with Crippen LogP contribution in [0.15, 0.2) is 46.2 Å². The quantitative estimate of drug-likeness (QED) is 0.645. The molecule has 0 aliphatic rings. The fourth-order valence-corrected chi connectivity index (χ4v) is 2.73. The lowest BCUT2D eigenvalue weighted by atomic mass is 10.1. The van der Waals surface area contributed by atoms with E-state index in [2.05, 4.69) is 43.3 Å². The van der Waals surface area contributed by atoms with Crippen molar-refractivity contribution in [3.05, 3.63) is 36.4 Å². The number of fused-ring (bicyclic) bond motifs is 1. The Morgan fingerprint density at radius 1 is 1.20 bits per heavy atom. The van der Waals surface area contributed by atoms with E-state index in [1.54, 1.807) is 0 Å². The Kier molecular flexibility index (Phi) is 3.57. The summed E-state index contributed by atoms with van der Waals surface area (Å²) in [5, 5.41) is 8.16. The molecular formula is C12H13NS2. The van der Waals surface area contributed by atoms with Gasteiger partial charge in [0.1, 0.15) is 0 Å². The van der Waals surface area contributed by atoms with Crippen molar-refractivity contribution in [1.29, 1.82) is 0 Å². The Bertz CT molecular complexity index is 468. The predicted molar refractivity (Wildman–Crippen MR) is 70.4 cm³/mol. The first-order valence-electron chi connectivity index (χ1n) is 4.87. The molecule has 2 aromatic rings. The van der Waals surface area contributed by atoms with E-state index in [1.165, 1.54) is 27.6 Å². The molecule has 0 atom stereocenters. The van der Waals surface area contributed by atoms with Gasteiger partial charge in [0.05, 0.1) is 0 Å². The Morgan fingerprint density at radius 3 is 2.80 bits per heavy atom. The lowest BCUT2D eigenvalue weighted by Crippen LogP contribution is -1.82. The van der Waals surface area contributed by atoms with Crippen LogP contribution in [0.25, 0.3) is 10.8 Å². The summed E-state index contributed by atoms with van der Waals surface area (Å²) in [6.45, 7) is 2.17. The summed E-state index contributed by atoms with van der Waals surface area (Å²) >= 11 is 3.18. The number of benzene rings is 2. The van der Waals surface area contributed by atoms with E-state index in [9.17, 15) is 0 Å². The van der Waals surface area contributed by atoms with Crippen molar-refractivity contribution in [1.82, 2.24) is 0 Å². The normalized spacial score (nSPS) is 10.8. The van der Waals surface area contributed by atoms with Crippen LogP contribution in [0.2, 0.25) is 0 Å². The van der Waals surface area contributed by atoms with Gasteiger partial charge in [0.2, 0.25) is 0 Å². The molecule has 0 aliphatic heterocycles. The molecule has 0 heterocycles. The van der Waals surface area contributed by atoms with Crippen LogP contribution in [-0.2, 0) is 0 Å². The van der Waals surface area contributed by atoms with Gasteiger partial charge in [0.15, 0.2) is 0 Å². The summed E-state index contributed by atoms with van der Waals surface area (Å²) < 4.78 is 0. The number of nitrogens with two attached hydrogens (primary N) is 1. The number of thioether (sulfide) groups is 1. The average molecular weight is 235 g/mol. The van der Waals surface area contributed by atoms with Crippen LogP contribution in [0, 0.1) is 0 Å². The Hall–Kier alpha value is -0.640. The van der Waals surface area contributed by atoms with E-state index in [0.717, 1.165) is 10.6 Å². The lowest BCUT2D eigenvalue weighted by molar-refractivity contribution is 1.44. The molecule has 78 valence electrons. The second-order valence-electron chi connectivity index (χ2n) is 3.19. The Labute approximate surface area is 98.6 Å². The topological polar surface area (TPSA) is 26.0 Å². The van der Waals surface area contributed by atoms with Gasteiger partial charge < -0.3 is 0 Å². The third kappa shape index (κ3) is 2.30. The molecule has 1 nitrogen and oxygen atoms in total. The lowest BCUT2D eigenvalue weighted by Gasteiger charge is -2.06. The maximum atomic E-state index is 5.57. The highest BCUT2D eigenvalue weighted by Crippen LogP contribution is 2.30. The fraction of sp³-hybridized carbons (Fsp3) is 0.167. The Morgan fingerprint density at radius 2 is 2.07 bits per heavy atom. The first-order valence-corrected chi connectivity index (χ1v) is 6.74. The highest BCUT2D eigenvalue weighted by atomic mass is 32.2. The van der Waals surface area contributed by atoms with E-state index in [0.29, 0.717) is 0 Å². The van der Waals surface area contributed by atoms with Gasteiger partial charge in [-0.1, -0.05) is 25.1 Å². The summed E-state index contributed by atoms with van der Waals surface area (Å²) in [7, 11) is 0. The van der Waals surface area contributed by atoms with Gasteiger partial charge >= 0.3 is 0 Å². The van der Waals surface area contributed by atoms with Gasteiger partial charge in [0, 0.05) is 9.79 Å². The standard InChI is InChI=1S/C12H13NS2/c1-2-14-12-5-3-4-9-6-7-10(15-13)8-11(9)12/h3-8H,2,13H2,1H3. The minimum absolute atomic E-state index is 1.10. The van der Waals surface area contributed by atoms with Crippen molar-refractivity contribution in [3.8, 4) is 0 Å². The molecule has 0 saturated heterocycles. The molecule has 2 rings (SSSR count). The van der Waals surface area contributed by atoms with Crippen LogP contribution >= 0.6 is 23.7 Å². The minimum Gasteiger partial charge on any atom is -0.274 e. The molecule has 15 heavy (non-hydrogen) atoms. The van der Waals surface area contributed by atoms with E-state index >= 15 is 0 Å². The van der Waals surface area contributed by atoms with E-state index < -0.39 is 0 Å². The molecule has 0 radical (unpaired) electrons. The summed E-state index contributed by atoms with van der Waals surface area (Å²) in [4.78, 5) is 2.46. The first kappa shape index (κ1) is 10.9. The number of hydrogen-bond acceptors (Lipinski definition) is 3. The number of rotatable bonds is 3. The second kappa shape index (κ2) is 4.92. The molecule has 0 spiro atoms. The summed E-state index contributed by atoms with van der Waals surface area (Å²) in [6, 6.07) is 12.8. The zero-order valence-electron chi connectivity index (χ0n) is 8.57. The zero-order chi connectivity index (χ0) is 10.7. The molecular weight excluding hydrogens is 222 g/mol. The molecule has 2 aromatic carbocycles. The summed E-state index contributed by atoms with van der Waals surface area (Å²) in [6.07, 6.45) is 0. The van der Waals surface area contributed by atoms with E-state index in [-0.39, 0.29) is 0 Å². The maximum Gasteiger partial charge on any atom is 0.0232 e. The fourth-order valence-electron chi connectivity index (χ4n) is 1.58. The second-order valence-corrected chi connectivity index (χ2v) is 5.20. The van der Waals surface area contributed by atoms with Gasteiger partial charge in [-0.25, -0.2) is 0 Å². The smallest absolute Gasteiger partial charge is 0.0232 e. The van der Waals surface area contributed by atoms with Crippen molar-refractivity contribution >= 4 is 34.5 Å². The van der Waals surface area contributed by atoms with Gasteiger partial charge in [-0.3, -0.25) is 5.14 Å². The highest BCUT2D eigenvalue weighted by molar-refractivity contribution is 7.99. The molecule has 0 unspecified atom stereocenters. The van der Waals surface area contributed by atoms with Crippen LogP contribution in [-0.4, -0.2) is 5.75 Å². The van der Waals surface area contributed by atoms with Gasteiger partial charge in [-0.15, -0.1) is 11.8 Å². The largest absolute Gasteiger partial charge is 0.274 e. The first-order chi connectivity index (χ1) is 7.35. The third-order valence-electron chi connectivity index (χ3n) is 2.25. The van der Waals surface area contributed by atoms with Crippen molar-refractivity contribution in [2.45, 2.75) is 16.7 Å².